The molecule has 28 heavy (non-hydrogen) atoms. The van der Waals surface area contributed by atoms with Crippen molar-refractivity contribution in [3.63, 3.8) is 0 Å². The highest BCUT2D eigenvalue weighted by Crippen LogP contribution is 2.38. The number of carbonyl (C=O) groups excluding carboxylic acids is 1. The summed E-state index contributed by atoms with van der Waals surface area (Å²) in [5.41, 5.74) is 2.97. The highest BCUT2D eigenvalue weighted by atomic mass is 35.5. The first-order chi connectivity index (χ1) is 13.7. The average Bonchev–Trinajstić information content (AvgIpc) is 2.87. The number of anilines is 1. The van der Waals surface area contributed by atoms with Crippen molar-refractivity contribution >= 4 is 34.2 Å². The summed E-state index contributed by atoms with van der Waals surface area (Å²) in [6, 6.07) is 8.97. The van der Waals surface area contributed by atoms with E-state index in [2.05, 4.69) is 15.3 Å². The number of benzene rings is 2. The molecule has 1 aliphatic heterocycles. The van der Waals surface area contributed by atoms with Gasteiger partial charge in [-0.3, -0.25) is 4.79 Å². The lowest BCUT2D eigenvalue weighted by molar-refractivity contribution is 0.102. The maximum atomic E-state index is 12.8. The average molecular weight is 398 g/mol. The van der Waals surface area contributed by atoms with E-state index in [9.17, 15) is 4.79 Å². The van der Waals surface area contributed by atoms with Crippen molar-refractivity contribution in [2.75, 3.05) is 18.5 Å². The summed E-state index contributed by atoms with van der Waals surface area (Å²) >= 11 is 6.30. The maximum Gasteiger partial charge on any atom is 0.255 e. The third-order valence-corrected chi connectivity index (χ3v) is 5.60. The quantitative estimate of drug-likeness (QED) is 0.659. The van der Waals surface area contributed by atoms with E-state index < -0.39 is 0 Å². The number of ether oxygens (including phenoxy) is 2. The Balaban J connectivity index is 1.39. The van der Waals surface area contributed by atoms with E-state index in [1.54, 1.807) is 12.1 Å². The van der Waals surface area contributed by atoms with Crippen molar-refractivity contribution in [2.24, 2.45) is 0 Å². The Morgan fingerprint density at radius 3 is 2.82 bits per heavy atom. The van der Waals surface area contributed by atoms with Gasteiger partial charge in [-0.15, -0.1) is 0 Å². The lowest BCUT2D eigenvalue weighted by Gasteiger charge is -2.22. The predicted octanol–water partition coefficient (Wildman–Crippen LogP) is 4.90. The molecule has 0 bridgehead atoms. The van der Waals surface area contributed by atoms with Crippen LogP contribution in [0.2, 0.25) is 5.02 Å². The van der Waals surface area contributed by atoms with E-state index in [0.29, 0.717) is 46.9 Å². The summed E-state index contributed by atoms with van der Waals surface area (Å²) in [6.45, 7) is 1.08. The molecule has 144 valence electrons. The fourth-order valence-corrected chi connectivity index (χ4v) is 3.81. The van der Waals surface area contributed by atoms with E-state index in [0.717, 1.165) is 23.3 Å². The van der Waals surface area contributed by atoms with Crippen molar-refractivity contribution in [3.8, 4) is 11.5 Å². The van der Waals surface area contributed by atoms with E-state index in [1.807, 2.05) is 18.2 Å². The minimum atomic E-state index is -0.254. The summed E-state index contributed by atoms with van der Waals surface area (Å²) in [5, 5.41) is 3.30. The van der Waals surface area contributed by atoms with Crippen LogP contribution in [0.1, 0.15) is 47.8 Å². The molecule has 2 N–H and O–H groups in total. The van der Waals surface area contributed by atoms with Gasteiger partial charge in [0.15, 0.2) is 11.5 Å². The molecule has 1 amide bonds. The number of nitrogens with one attached hydrogen (secondary N) is 2. The summed E-state index contributed by atoms with van der Waals surface area (Å²) in [6.07, 6.45) is 4.42. The van der Waals surface area contributed by atoms with Crippen molar-refractivity contribution in [2.45, 2.75) is 31.6 Å². The molecule has 2 aromatic carbocycles. The zero-order valence-corrected chi connectivity index (χ0v) is 16.0. The van der Waals surface area contributed by atoms with Gasteiger partial charge < -0.3 is 19.8 Å². The van der Waals surface area contributed by atoms with Gasteiger partial charge in [-0.1, -0.05) is 18.0 Å². The van der Waals surface area contributed by atoms with Gasteiger partial charge in [0, 0.05) is 23.6 Å². The van der Waals surface area contributed by atoms with Gasteiger partial charge in [0.2, 0.25) is 0 Å². The fraction of sp³-hybridized carbons (Fsp3) is 0.333. The van der Waals surface area contributed by atoms with Crippen LogP contribution in [-0.2, 0) is 0 Å². The third-order valence-electron chi connectivity index (χ3n) is 5.31. The molecule has 7 heteroatoms. The SMILES string of the molecule is O=C(Nc1ccc2nc(C3CCC3)[nH]c2c1)c1cc(Cl)c2c(c1)OCCCO2. The molecule has 1 saturated carbocycles. The van der Waals surface area contributed by atoms with Crippen molar-refractivity contribution in [1.29, 1.82) is 0 Å². The number of H-pyrrole nitrogens is 1. The monoisotopic (exact) mass is 397 g/mol. The molecule has 0 atom stereocenters. The molecule has 2 aliphatic rings. The lowest BCUT2D eigenvalue weighted by atomic mass is 9.85. The maximum absolute atomic E-state index is 12.8. The first-order valence-electron chi connectivity index (χ1n) is 9.57. The number of aromatic amines is 1. The topological polar surface area (TPSA) is 76.2 Å². The van der Waals surface area contributed by atoms with Crippen LogP contribution in [0.25, 0.3) is 11.0 Å². The fourth-order valence-electron chi connectivity index (χ4n) is 3.55. The number of imidazole rings is 1. The second-order valence-electron chi connectivity index (χ2n) is 7.27. The Morgan fingerprint density at radius 2 is 2.00 bits per heavy atom. The van der Waals surface area contributed by atoms with Gasteiger partial charge in [-0.2, -0.15) is 0 Å². The number of fused-ring (bicyclic) bond motifs is 2. The first kappa shape index (κ1) is 17.4. The van der Waals surface area contributed by atoms with Crippen molar-refractivity contribution in [3.05, 3.63) is 46.7 Å². The highest BCUT2D eigenvalue weighted by molar-refractivity contribution is 6.32. The summed E-state index contributed by atoms with van der Waals surface area (Å²) in [5.74, 6) is 2.33. The van der Waals surface area contributed by atoms with Crippen molar-refractivity contribution < 1.29 is 14.3 Å². The number of nitrogens with zero attached hydrogens (tertiary/aromatic N) is 1. The van der Waals surface area contributed by atoms with Crippen LogP contribution >= 0.6 is 11.6 Å². The number of amides is 1. The van der Waals surface area contributed by atoms with Gasteiger partial charge in [-0.25, -0.2) is 4.98 Å². The van der Waals surface area contributed by atoms with Gasteiger partial charge in [0.05, 0.1) is 29.3 Å². The molecule has 0 saturated heterocycles. The van der Waals surface area contributed by atoms with Gasteiger partial charge >= 0.3 is 0 Å². The molecule has 5 rings (SSSR count). The van der Waals surface area contributed by atoms with Crippen LogP contribution in [0, 0.1) is 0 Å². The zero-order chi connectivity index (χ0) is 19.1. The normalized spacial score (nSPS) is 16.5. The van der Waals surface area contributed by atoms with Crippen LogP contribution in [0.15, 0.2) is 30.3 Å². The second kappa shape index (κ2) is 7.02. The summed E-state index contributed by atoms with van der Waals surface area (Å²) < 4.78 is 11.3. The third kappa shape index (κ3) is 3.18. The number of aromatic nitrogens is 2. The Hall–Kier alpha value is -2.73. The van der Waals surface area contributed by atoms with Crippen LogP contribution in [0.3, 0.4) is 0 Å². The number of hydrogen-bond acceptors (Lipinski definition) is 4. The molecule has 0 spiro atoms. The van der Waals surface area contributed by atoms with E-state index in [-0.39, 0.29) is 5.91 Å². The summed E-state index contributed by atoms with van der Waals surface area (Å²) in [7, 11) is 0. The molecule has 6 nitrogen and oxygen atoms in total. The second-order valence-corrected chi connectivity index (χ2v) is 7.68. The van der Waals surface area contributed by atoms with Gasteiger partial charge in [0.1, 0.15) is 5.82 Å². The number of hydrogen-bond donors (Lipinski definition) is 2. The van der Waals surface area contributed by atoms with Crippen molar-refractivity contribution in [1.82, 2.24) is 9.97 Å². The van der Waals surface area contributed by atoms with Crippen LogP contribution in [0.5, 0.6) is 11.5 Å². The predicted molar refractivity (Wildman–Crippen MR) is 108 cm³/mol. The molecule has 0 radical (unpaired) electrons. The zero-order valence-electron chi connectivity index (χ0n) is 15.3. The largest absolute Gasteiger partial charge is 0.489 e. The highest BCUT2D eigenvalue weighted by Gasteiger charge is 2.23. The Kier molecular flexibility index (Phi) is 4.36. The molecular formula is C21H20ClN3O3. The number of halogens is 1. The number of carbonyl (C=O) groups is 1. The molecule has 1 aromatic heterocycles. The molecular weight excluding hydrogens is 378 g/mol. The Bertz CT molecular complexity index is 1060. The van der Waals surface area contributed by atoms with E-state index in [1.165, 1.54) is 19.3 Å². The standard InChI is InChI=1S/C21H20ClN3O3/c22-15-9-13(10-18-19(15)28-8-2-7-27-18)21(26)23-14-5-6-16-17(11-14)25-20(24-16)12-3-1-4-12/h5-6,9-12H,1-4,7-8H2,(H,23,26)(H,24,25). The van der Waals surface area contributed by atoms with E-state index >= 15 is 0 Å². The van der Waals surface area contributed by atoms with Gasteiger partial charge in [0.25, 0.3) is 5.91 Å². The molecule has 2 heterocycles. The Morgan fingerprint density at radius 1 is 1.14 bits per heavy atom. The van der Waals surface area contributed by atoms with Crippen LogP contribution in [-0.4, -0.2) is 29.1 Å². The minimum absolute atomic E-state index is 0.254. The molecule has 3 aromatic rings. The summed E-state index contributed by atoms with van der Waals surface area (Å²) in [4.78, 5) is 20.8. The first-order valence-corrected chi connectivity index (χ1v) is 9.95. The van der Waals surface area contributed by atoms with Gasteiger partial charge in [-0.05, 0) is 43.2 Å². The van der Waals surface area contributed by atoms with Crippen LogP contribution in [0.4, 0.5) is 5.69 Å². The Labute approximate surface area is 167 Å². The minimum Gasteiger partial charge on any atom is -0.489 e. The molecule has 0 unspecified atom stereocenters. The molecule has 1 aliphatic carbocycles. The molecule has 1 fully saturated rings. The van der Waals surface area contributed by atoms with E-state index in [4.69, 9.17) is 21.1 Å². The smallest absolute Gasteiger partial charge is 0.255 e. The number of rotatable bonds is 3. The van der Waals surface area contributed by atoms with Crippen LogP contribution < -0.4 is 14.8 Å². The lowest BCUT2D eigenvalue weighted by Crippen LogP contribution is -2.12.